The molecular weight excluding hydrogens is 478 g/mol. The number of hydrogen-bond acceptors (Lipinski definition) is 5. The molecular formula is C32H59NO5. The summed E-state index contributed by atoms with van der Waals surface area (Å²) in [7, 11) is 0. The highest BCUT2D eigenvalue weighted by Gasteiger charge is 2.63. The molecule has 0 aliphatic heterocycles. The summed E-state index contributed by atoms with van der Waals surface area (Å²) in [6, 6.07) is 0. The van der Waals surface area contributed by atoms with Crippen molar-refractivity contribution in [2.24, 2.45) is 46.3 Å². The van der Waals surface area contributed by atoms with Gasteiger partial charge in [-0.2, -0.15) is 0 Å². The van der Waals surface area contributed by atoms with Crippen LogP contribution in [0.25, 0.3) is 0 Å². The van der Waals surface area contributed by atoms with E-state index in [4.69, 9.17) is 0 Å². The maximum atomic E-state index is 10.9. The lowest BCUT2D eigenvalue weighted by Gasteiger charge is -2.62. The third-order valence-corrected chi connectivity index (χ3v) is 13.0. The molecule has 38 heavy (non-hydrogen) atoms. The van der Waals surface area contributed by atoms with Gasteiger partial charge in [0.05, 0.1) is 26.2 Å². The second-order valence-electron chi connectivity index (χ2n) is 14.2. The molecule has 4 unspecified atom stereocenters. The number of hydrogen-bond donors (Lipinski definition) is 3. The molecule has 0 bridgehead atoms. The molecule has 4 fully saturated rings. The second-order valence-corrected chi connectivity index (χ2v) is 14.2. The predicted molar refractivity (Wildman–Crippen MR) is 150 cm³/mol. The van der Waals surface area contributed by atoms with E-state index in [9.17, 15) is 25.2 Å². The molecule has 0 aromatic heterocycles. The third-order valence-electron chi connectivity index (χ3n) is 13.0. The van der Waals surface area contributed by atoms with Crippen LogP contribution >= 0.6 is 0 Å². The number of carboxylic acid groups (broad SMARTS) is 1. The van der Waals surface area contributed by atoms with Crippen molar-refractivity contribution in [2.45, 2.75) is 125 Å². The van der Waals surface area contributed by atoms with E-state index in [1.807, 2.05) is 0 Å². The number of nitrogens with zero attached hydrogens (tertiary/aromatic N) is 1. The van der Waals surface area contributed by atoms with Crippen molar-refractivity contribution in [1.82, 2.24) is 0 Å². The average molecular weight is 538 g/mol. The fraction of sp³-hybridized carbons (Fsp3) is 0.969. The van der Waals surface area contributed by atoms with Gasteiger partial charge in [0.1, 0.15) is 6.10 Å². The summed E-state index contributed by atoms with van der Waals surface area (Å²) in [5.74, 6) is 0.240. The first kappa shape index (κ1) is 31.8. The van der Waals surface area contributed by atoms with Crippen LogP contribution in [0.1, 0.15) is 113 Å². The Kier molecular flexibility index (Phi) is 10.1. The van der Waals surface area contributed by atoms with Gasteiger partial charge in [-0.15, -0.1) is 0 Å². The number of carboxylic acids is 1. The molecule has 9 atom stereocenters. The van der Waals surface area contributed by atoms with Gasteiger partial charge in [-0.05, 0) is 132 Å². The van der Waals surface area contributed by atoms with E-state index in [1.165, 1.54) is 49.9 Å². The van der Waals surface area contributed by atoms with Crippen LogP contribution in [0, 0.1) is 46.3 Å². The minimum atomic E-state index is -1.94. The van der Waals surface area contributed by atoms with Crippen molar-refractivity contribution < 1.29 is 29.7 Å². The Balaban J connectivity index is 0.000000383. The van der Waals surface area contributed by atoms with Gasteiger partial charge in [-0.25, -0.2) is 0 Å². The molecule has 4 aliphatic carbocycles. The van der Waals surface area contributed by atoms with Gasteiger partial charge in [-0.3, -0.25) is 0 Å². The summed E-state index contributed by atoms with van der Waals surface area (Å²) in [5, 5.41) is 41.8. The number of rotatable bonds is 8. The maximum absolute atomic E-state index is 10.9. The summed E-state index contributed by atoms with van der Waals surface area (Å²) in [5.41, 5.74) is 0.262. The van der Waals surface area contributed by atoms with Gasteiger partial charge in [0.2, 0.25) is 0 Å². The Bertz CT molecular complexity index is 779. The molecule has 0 amide bonds. The van der Waals surface area contributed by atoms with Gasteiger partial charge in [0.15, 0.2) is 5.79 Å². The van der Waals surface area contributed by atoms with E-state index < -0.39 is 17.9 Å². The van der Waals surface area contributed by atoms with Crippen LogP contribution in [0.15, 0.2) is 0 Å². The van der Waals surface area contributed by atoms with E-state index >= 15 is 0 Å². The van der Waals surface area contributed by atoms with Crippen molar-refractivity contribution >= 4 is 5.97 Å². The predicted octanol–water partition coefficient (Wildman–Crippen LogP) is 4.35. The monoisotopic (exact) mass is 537 g/mol. The minimum Gasteiger partial charge on any atom is -0.550 e. The summed E-state index contributed by atoms with van der Waals surface area (Å²) >= 11 is 0. The van der Waals surface area contributed by atoms with Gasteiger partial charge in [0.25, 0.3) is 0 Å². The summed E-state index contributed by atoms with van der Waals surface area (Å²) in [6.45, 7) is 21.2. The molecule has 222 valence electrons. The molecule has 0 heterocycles. The highest BCUT2D eigenvalue weighted by Crippen LogP contribution is 2.68. The molecule has 0 radical (unpaired) electrons. The van der Waals surface area contributed by atoms with E-state index in [0.29, 0.717) is 48.9 Å². The zero-order valence-electron chi connectivity index (χ0n) is 25.5. The second kappa shape index (κ2) is 12.0. The quantitative estimate of drug-likeness (QED) is 0.316. The molecule has 4 aliphatic rings. The first-order chi connectivity index (χ1) is 17.7. The number of carbonyl (C=O) groups excluding carboxylic acids is 1. The largest absolute Gasteiger partial charge is 0.550 e. The Morgan fingerprint density at radius 1 is 0.895 bits per heavy atom. The summed E-state index contributed by atoms with van der Waals surface area (Å²) in [4.78, 5) is 10.9. The molecule has 4 rings (SSSR count). The lowest BCUT2D eigenvalue weighted by atomic mass is 9.44. The molecule has 6 nitrogen and oxygen atoms in total. The van der Waals surface area contributed by atoms with Gasteiger partial charge < -0.3 is 29.7 Å². The van der Waals surface area contributed by atoms with Crippen LogP contribution in [-0.4, -0.2) is 63.8 Å². The number of aliphatic hydroxyl groups excluding tert-OH is 1. The third kappa shape index (κ3) is 5.85. The van der Waals surface area contributed by atoms with Crippen LogP contribution in [0.2, 0.25) is 0 Å². The van der Waals surface area contributed by atoms with Gasteiger partial charge >= 0.3 is 0 Å². The summed E-state index contributed by atoms with van der Waals surface area (Å²) in [6.07, 6.45) is 7.49. The topological polar surface area (TPSA) is 101 Å². The standard InChI is InChI=1S/C24H40O5.C8H20N/c1-14(4-9-21(26)27)17-7-8-18-16-6-5-15-12-24(28,29)20(25)13-23(15,3)19(16)10-11-22(17,18)2;1-5-9(6-2,7-3)8-4/h14-20,25,28-29H,4-13H2,1-3H3,(H,26,27);5-8H2,1-4H3/q;+1/p-1/t14-,15-,16?,17-,18?,19?,20?,22-,23+;/m1./s1. The molecule has 0 spiro atoms. The zero-order chi connectivity index (χ0) is 28.5. The van der Waals surface area contributed by atoms with Crippen molar-refractivity contribution in [1.29, 1.82) is 0 Å². The van der Waals surface area contributed by atoms with E-state index in [-0.39, 0.29) is 23.2 Å². The Hall–Kier alpha value is -0.690. The first-order valence-electron chi connectivity index (χ1n) is 15.9. The number of carbonyl (C=O) groups is 1. The lowest BCUT2D eigenvalue weighted by molar-refractivity contribution is -0.921. The Morgan fingerprint density at radius 3 is 2.00 bits per heavy atom. The van der Waals surface area contributed by atoms with Crippen LogP contribution in [0.5, 0.6) is 0 Å². The first-order valence-corrected chi connectivity index (χ1v) is 15.9. The number of quaternary nitrogens is 1. The van der Waals surface area contributed by atoms with Crippen LogP contribution in [0.3, 0.4) is 0 Å². The van der Waals surface area contributed by atoms with E-state index in [1.54, 1.807) is 0 Å². The SMILES string of the molecule is CC[N+](CC)(CC)CC.C[C@H](CCC(=O)[O-])[C@H]1CCC2C3CC[C@@H]4CC(O)(O)C(O)C[C@]4(C)C3CC[C@@]21C. The average Bonchev–Trinajstić information content (AvgIpc) is 3.23. The molecule has 6 heteroatoms. The summed E-state index contributed by atoms with van der Waals surface area (Å²) < 4.78 is 1.28. The van der Waals surface area contributed by atoms with Gasteiger partial charge in [-0.1, -0.05) is 20.8 Å². The fourth-order valence-electron chi connectivity index (χ4n) is 10.1. The molecule has 3 N–H and O–H groups in total. The minimum absolute atomic E-state index is 0.0166. The maximum Gasteiger partial charge on any atom is 0.189 e. The van der Waals surface area contributed by atoms with Crippen LogP contribution in [-0.2, 0) is 4.79 Å². The fourth-order valence-corrected chi connectivity index (χ4v) is 10.1. The van der Waals surface area contributed by atoms with Crippen molar-refractivity contribution in [2.75, 3.05) is 26.2 Å². The smallest absolute Gasteiger partial charge is 0.189 e. The van der Waals surface area contributed by atoms with Crippen LogP contribution in [0.4, 0.5) is 0 Å². The normalized spacial score (nSPS) is 40.7. The van der Waals surface area contributed by atoms with Gasteiger partial charge in [0, 0.05) is 12.4 Å². The highest BCUT2D eigenvalue weighted by atomic mass is 16.5. The molecule has 0 aromatic rings. The Labute approximate surface area is 232 Å². The van der Waals surface area contributed by atoms with Crippen molar-refractivity contribution in [3.05, 3.63) is 0 Å². The van der Waals surface area contributed by atoms with E-state index in [2.05, 4.69) is 48.5 Å². The van der Waals surface area contributed by atoms with Crippen LogP contribution < -0.4 is 5.11 Å². The van der Waals surface area contributed by atoms with Crippen molar-refractivity contribution in [3.63, 3.8) is 0 Å². The number of aliphatic carboxylic acids is 1. The molecule has 0 aromatic carbocycles. The van der Waals surface area contributed by atoms with Crippen molar-refractivity contribution in [3.8, 4) is 0 Å². The Morgan fingerprint density at radius 2 is 1.47 bits per heavy atom. The zero-order valence-corrected chi connectivity index (χ0v) is 25.5. The van der Waals surface area contributed by atoms with E-state index in [0.717, 1.165) is 19.3 Å². The lowest BCUT2D eigenvalue weighted by Crippen LogP contribution is -2.60. The molecule has 0 saturated heterocycles. The highest BCUT2D eigenvalue weighted by molar-refractivity contribution is 5.64. The molecule has 4 saturated carbocycles. The number of aliphatic hydroxyl groups is 3. The number of fused-ring (bicyclic) bond motifs is 5.